The Hall–Kier alpha value is -0.580. The SMILES string of the molecule is C[C@@H]1CCCCN1C(=O)c1cccc(I)c1. The maximum atomic E-state index is 12.3. The lowest BCUT2D eigenvalue weighted by molar-refractivity contribution is 0.0635. The number of piperidine rings is 1. The Morgan fingerprint density at radius 2 is 2.25 bits per heavy atom. The third kappa shape index (κ3) is 2.56. The van der Waals surface area contributed by atoms with Gasteiger partial charge >= 0.3 is 0 Å². The number of carbonyl (C=O) groups excluding carboxylic acids is 1. The first-order chi connectivity index (χ1) is 7.68. The standard InChI is InChI=1S/C13H16INO/c1-10-5-2-3-8-15(10)13(16)11-6-4-7-12(14)9-11/h4,6-7,9-10H,2-3,5,8H2,1H3/t10-/m1/s1. The Kier molecular flexibility index (Phi) is 3.84. The zero-order chi connectivity index (χ0) is 11.5. The smallest absolute Gasteiger partial charge is 0.254 e. The van der Waals surface area contributed by atoms with Crippen LogP contribution in [0.25, 0.3) is 0 Å². The minimum atomic E-state index is 0.186. The molecule has 2 rings (SSSR count). The second-order valence-electron chi connectivity index (χ2n) is 4.35. The molecule has 1 aromatic rings. The molecule has 1 saturated heterocycles. The number of amides is 1. The van der Waals surface area contributed by atoms with Crippen molar-refractivity contribution in [3.05, 3.63) is 33.4 Å². The number of benzene rings is 1. The highest BCUT2D eigenvalue weighted by molar-refractivity contribution is 14.1. The molecular formula is C13H16INO. The number of nitrogens with zero attached hydrogens (tertiary/aromatic N) is 1. The van der Waals surface area contributed by atoms with E-state index >= 15 is 0 Å². The Balaban J connectivity index is 2.17. The first kappa shape index (κ1) is 11.9. The number of rotatable bonds is 1. The van der Waals surface area contributed by atoms with Crippen LogP contribution in [0.2, 0.25) is 0 Å². The molecule has 0 aromatic heterocycles. The van der Waals surface area contributed by atoms with Gasteiger partial charge in [-0.05, 0) is 67.0 Å². The number of likely N-dealkylation sites (tertiary alicyclic amines) is 1. The average Bonchev–Trinajstić information content (AvgIpc) is 2.29. The lowest BCUT2D eigenvalue weighted by Gasteiger charge is -2.33. The van der Waals surface area contributed by atoms with E-state index in [-0.39, 0.29) is 5.91 Å². The van der Waals surface area contributed by atoms with Crippen molar-refractivity contribution < 1.29 is 4.79 Å². The molecule has 2 nitrogen and oxygen atoms in total. The minimum absolute atomic E-state index is 0.186. The second kappa shape index (κ2) is 5.17. The molecule has 0 unspecified atom stereocenters. The van der Waals surface area contributed by atoms with E-state index in [1.807, 2.05) is 29.2 Å². The predicted molar refractivity (Wildman–Crippen MR) is 73.5 cm³/mol. The second-order valence-corrected chi connectivity index (χ2v) is 5.60. The first-order valence-electron chi connectivity index (χ1n) is 5.75. The van der Waals surface area contributed by atoms with Crippen LogP contribution in [0.3, 0.4) is 0 Å². The molecule has 0 spiro atoms. The van der Waals surface area contributed by atoms with E-state index in [0.717, 1.165) is 28.5 Å². The van der Waals surface area contributed by atoms with Gasteiger partial charge in [0.25, 0.3) is 5.91 Å². The van der Waals surface area contributed by atoms with Crippen LogP contribution in [0.4, 0.5) is 0 Å². The minimum Gasteiger partial charge on any atom is -0.336 e. The van der Waals surface area contributed by atoms with Crippen molar-refractivity contribution in [3.8, 4) is 0 Å². The van der Waals surface area contributed by atoms with Crippen LogP contribution in [-0.2, 0) is 0 Å². The molecule has 1 amide bonds. The third-order valence-electron chi connectivity index (χ3n) is 3.14. The summed E-state index contributed by atoms with van der Waals surface area (Å²) in [7, 11) is 0. The van der Waals surface area contributed by atoms with Gasteiger partial charge in [-0.3, -0.25) is 4.79 Å². The first-order valence-corrected chi connectivity index (χ1v) is 6.83. The summed E-state index contributed by atoms with van der Waals surface area (Å²) in [4.78, 5) is 14.3. The van der Waals surface area contributed by atoms with Crippen LogP contribution in [-0.4, -0.2) is 23.4 Å². The zero-order valence-corrected chi connectivity index (χ0v) is 11.6. The lowest BCUT2D eigenvalue weighted by Crippen LogP contribution is -2.42. The largest absolute Gasteiger partial charge is 0.336 e. The summed E-state index contributed by atoms with van der Waals surface area (Å²) in [5, 5.41) is 0. The van der Waals surface area contributed by atoms with E-state index in [1.165, 1.54) is 6.42 Å². The number of halogens is 1. The molecule has 86 valence electrons. The Labute approximate surface area is 110 Å². The van der Waals surface area contributed by atoms with E-state index < -0.39 is 0 Å². The van der Waals surface area contributed by atoms with Gasteiger partial charge in [-0.15, -0.1) is 0 Å². The molecule has 1 atom stereocenters. The van der Waals surface area contributed by atoms with Crippen molar-refractivity contribution in [1.82, 2.24) is 4.90 Å². The van der Waals surface area contributed by atoms with Crippen molar-refractivity contribution in [3.63, 3.8) is 0 Å². The van der Waals surface area contributed by atoms with Crippen molar-refractivity contribution >= 4 is 28.5 Å². The predicted octanol–water partition coefficient (Wildman–Crippen LogP) is 3.31. The highest BCUT2D eigenvalue weighted by Gasteiger charge is 2.23. The van der Waals surface area contributed by atoms with Gasteiger partial charge in [0.2, 0.25) is 0 Å². The fraction of sp³-hybridized carbons (Fsp3) is 0.462. The third-order valence-corrected chi connectivity index (χ3v) is 3.81. The van der Waals surface area contributed by atoms with Gasteiger partial charge in [0.1, 0.15) is 0 Å². The Bertz CT molecular complexity index is 391. The number of hydrogen-bond donors (Lipinski definition) is 0. The summed E-state index contributed by atoms with van der Waals surface area (Å²) in [6, 6.07) is 8.22. The van der Waals surface area contributed by atoms with E-state index in [4.69, 9.17) is 0 Å². The molecule has 0 aliphatic carbocycles. The monoisotopic (exact) mass is 329 g/mol. The van der Waals surface area contributed by atoms with Crippen LogP contribution in [0.5, 0.6) is 0 Å². The van der Waals surface area contributed by atoms with Gasteiger partial charge in [-0.25, -0.2) is 0 Å². The van der Waals surface area contributed by atoms with Gasteiger partial charge < -0.3 is 4.90 Å². The highest BCUT2D eigenvalue weighted by atomic mass is 127. The van der Waals surface area contributed by atoms with Gasteiger partial charge in [-0.1, -0.05) is 6.07 Å². The Morgan fingerprint density at radius 1 is 1.44 bits per heavy atom. The van der Waals surface area contributed by atoms with Gasteiger partial charge in [0.15, 0.2) is 0 Å². The molecule has 0 radical (unpaired) electrons. The summed E-state index contributed by atoms with van der Waals surface area (Å²) in [5.41, 5.74) is 0.820. The molecule has 1 aliphatic heterocycles. The summed E-state index contributed by atoms with van der Waals surface area (Å²) in [6.45, 7) is 3.05. The van der Waals surface area contributed by atoms with Crippen LogP contribution < -0.4 is 0 Å². The molecule has 1 fully saturated rings. The van der Waals surface area contributed by atoms with Crippen LogP contribution in [0.15, 0.2) is 24.3 Å². The zero-order valence-electron chi connectivity index (χ0n) is 9.45. The summed E-state index contributed by atoms with van der Waals surface area (Å²) >= 11 is 2.24. The quantitative estimate of drug-likeness (QED) is 0.724. The highest BCUT2D eigenvalue weighted by Crippen LogP contribution is 2.19. The molecule has 0 N–H and O–H groups in total. The van der Waals surface area contributed by atoms with E-state index in [2.05, 4.69) is 29.5 Å². The van der Waals surface area contributed by atoms with Crippen LogP contribution >= 0.6 is 22.6 Å². The fourth-order valence-corrected chi connectivity index (χ4v) is 2.73. The number of hydrogen-bond acceptors (Lipinski definition) is 1. The molecular weight excluding hydrogens is 313 g/mol. The topological polar surface area (TPSA) is 20.3 Å². The fourth-order valence-electron chi connectivity index (χ4n) is 2.19. The van der Waals surface area contributed by atoms with Crippen molar-refractivity contribution in [2.24, 2.45) is 0 Å². The summed E-state index contributed by atoms with van der Waals surface area (Å²) in [6.07, 6.45) is 3.52. The Morgan fingerprint density at radius 3 is 2.94 bits per heavy atom. The van der Waals surface area contributed by atoms with Crippen molar-refractivity contribution in [2.75, 3.05) is 6.54 Å². The molecule has 0 saturated carbocycles. The molecule has 16 heavy (non-hydrogen) atoms. The summed E-state index contributed by atoms with van der Waals surface area (Å²) < 4.78 is 1.12. The normalized spacial score (nSPS) is 20.9. The van der Waals surface area contributed by atoms with E-state index in [0.29, 0.717) is 6.04 Å². The van der Waals surface area contributed by atoms with Gasteiger partial charge in [0, 0.05) is 21.7 Å². The van der Waals surface area contributed by atoms with Crippen molar-refractivity contribution in [2.45, 2.75) is 32.2 Å². The molecule has 1 aromatic carbocycles. The van der Waals surface area contributed by atoms with E-state index in [1.54, 1.807) is 0 Å². The lowest BCUT2D eigenvalue weighted by atomic mass is 10.0. The molecule has 0 bridgehead atoms. The van der Waals surface area contributed by atoms with Crippen molar-refractivity contribution in [1.29, 1.82) is 0 Å². The molecule has 3 heteroatoms. The number of carbonyl (C=O) groups is 1. The molecule has 1 aliphatic rings. The van der Waals surface area contributed by atoms with Gasteiger partial charge in [0.05, 0.1) is 0 Å². The van der Waals surface area contributed by atoms with Gasteiger partial charge in [-0.2, -0.15) is 0 Å². The maximum Gasteiger partial charge on any atom is 0.254 e. The molecule has 1 heterocycles. The van der Waals surface area contributed by atoms with E-state index in [9.17, 15) is 4.79 Å². The maximum absolute atomic E-state index is 12.3. The van der Waals surface area contributed by atoms with Crippen LogP contribution in [0, 0.1) is 3.57 Å². The van der Waals surface area contributed by atoms with Crippen LogP contribution in [0.1, 0.15) is 36.5 Å². The summed E-state index contributed by atoms with van der Waals surface area (Å²) in [5.74, 6) is 0.186. The average molecular weight is 329 g/mol.